The van der Waals surface area contributed by atoms with Gasteiger partial charge >= 0.3 is 0 Å². The van der Waals surface area contributed by atoms with E-state index in [-0.39, 0.29) is 5.41 Å². The van der Waals surface area contributed by atoms with Crippen molar-refractivity contribution in [1.29, 1.82) is 0 Å². The first-order valence-corrected chi connectivity index (χ1v) is 18.2. The molecule has 0 atom stereocenters. The Kier molecular flexibility index (Phi) is 6.27. The molecule has 0 amide bonds. The molecular formula is C49H33N3O. The number of para-hydroxylation sites is 2. The lowest BCUT2D eigenvalue weighted by molar-refractivity contribution is 0.657. The molecule has 10 aromatic rings. The molecule has 0 saturated heterocycles. The molecule has 1 aliphatic carbocycles. The quantitative estimate of drug-likeness (QED) is 0.186. The summed E-state index contributed by atoms with van der Waals surface area (Å²) in [4.78, 5) is 10.2. The Labute approximate surface area is 306 Å². The van der Waals surface area contributed by atoms with Crippen molar-refractivity contribution >= 4 is 43.7 Å². The highest BCUT2D eigenvalue weighted by molar-refractivity contribution is 6.14. The molecule has 0 aliphatic heterocycles. The van der Waals surface area contributed by atoms with E-state index in [1.807, 2.05) is 18.2 Å². The standard InChI is InChI=1S/C49H33N3O/c1-49(2)39-28-43-38(27-37(39)35-25-26-45-46(47(35)49)36-18-10-12-20-44(36)53-45)34-17-9-11-19-42(34)52(43)33-23-21-32(22-24-33)48-50-40(30-13-5-3-6-14-30)29-41(51-48)31-15-7-4-8-16-31/h3-29H,1-2H3. The highest BCUT2D eigenvalue weighted by atomic mass is 16.3. The zero-order valence-corrected chi connectivity index (χ0v) is 29.3. The summed E-state index contributed by atoms with van der Waals surface area (Å²) in [5.41, 5.74) is 15.3. The third-order valence-corrected chi connectivity index (χ3v) is 11.2. The lowest BCUT2D eigenvalue weighted by atomic mass is 9.80. The van der Waals surface area contributed by atoms with Crippen molar-refractivity contribution in [2.75, 3.05) is 0 Å². The number of furan rings is 1. The summed E-state index contributed by atoms with van der Waals surface area (Å²) in [6, 6.07) is 57.9. The summed E-state index contributed by atoms with van der Waals surface area (Å²) in [5, 5.41) is 4.88. The summed E-state index contributed by atoms with van der Waals surface area (Å²) in [7, 11) is 0. The summed E-state index contributed by atoms with van der Waals surface area (Å²) in [6.45, 7) is 4.72. The van der Waals surface area contributed by atoms with Crippen molar-refractivity contribution in [2.45, 2.75) is 19.3 Å². The smallest absolute Gasteiger partial charge is 0.160 e. The minimum Gasteiger partial charge on any atom is -0.456 e. The van der Waals surface area contributed by atoms with Gasteiger partial charge in [0.15, 0.2) is 5.82 Å². The van der Waals surface area contributed by atoms with Gasteiger partial charge in [0.25, 0.3) is 0 Å². The molecule has 0 bridgehead atoms. The molecule has 0 N–H and O–H groups in total. The normalized spacial score (nSPS) is 13.2. The predicted octanol–water partition coefficient (Wildman–Crippen LogP) is 12.8. The van der Waals surface area contributed by atoms with E-state index in [1.165, 1.54) is 54.8 Å². The molecule has 11 rings (SSSR count). The van der Waals surface area contributed by atoms with Crippen LogP contribution >= 0.6 is 0 Å². The Morgan fingerprint density at radius 3 is 1.85 bits per heavy atom. The van der Waals surface area contributed by atoms with Crippen LogP contribution < -0.4 is 0 Å². The highest BCUT2D eigenvalue weighted by Crippen LogP contribution is 2.54. The van der Waals surface area contributed by atoms with Crippen molar-refractivity contribution in [3.05, 3.63) is 175 Å². The minimum atomic E-state index is -0.228. The number of nitrogens with zero attached hydrogens (tertiary/aromatic N) is 3. The van der Waals surface area contributed by atoms with E-state index < -0.39 is 0 Å². The zero-order valence-electron chi connectivity index (χ0n) is 29.3. The van der Waals surface area contributed by atoms with E-state index in [0.717, 1.165) is 44.9 Å². The second-order valence-corrected chi connectivity index (χ2v) is 14.6. The van der Waals surface area contributed by atoms with Gasteiger partial charge in [0.1, 0.15) is 11.2 Å². The van der Waals surface area contributed by atoms with Crippen molar-refractivity contribution < 1.29 is 4.42 Å². The van der Waals surface area contributed by atoms with E-state index in [2.05, 4.69) is 164 Å². The maximum atomic E-state index is 6.35. The Balaban J connectivity index is 1.08. The van der Waals surface area contributed by atoms with Gasteiger partial charge in [-0.05, 0) is 82.9 Å². The maximum Gasteiger partial charge on any atom is 0.160 e. The van der Waals surface area contributed by atoms with Crippen LogP contribution in [0.15, 0.2) is 168 Å². The van der Waals surface area contributed by atoms with Crippen molar-refractivity contribution in [1.82, 2.24) is 14.5 Å². The van der Waals surface area contributed by atoms with Gasteiger partial charge in [-0.2, -0.15) is 0 Å². The largest absolute Gasteiger partial charge is 0.456 e. The number of aromatic nitrogens is 3. The molecule has 0 fully saturated rings. The van der Waals surface area contributed by atoms with Gasteiger partial charge < -0.3 is 8.98 Å². The van der Waals surface area contributed by atoms with Crippen LogP contribution in [0.1, 0.15) is 25.0 Å². The Morgan fingerprint density at radius 1 is 0.491 bits per heavy atom. The van der Waals surface area contributed by atoms with E-state index >= 15 is 0 Å². The molecule has 7 aromatic carbocycles. The SMILES string of the molecule is CC1(C)c2cc3c(cc2-c2ccc4oc5ccccc5c4c21)c1ccccc1n3-c1ccc(-c2nc(-c3ccccc3)cc(-c3ccccc3)n2)cc1. The van der Waals surface area contributed by atoms with Gasteiger partial charge in [-0.1, -0.05) is 117 Å². The van der Waals surface area contributed by atoms with Crippen LogP contribution in [0.2, 0.25) is 0 Å². The fourth-order valence-electron chi connectivity index (χ4n) is 8.71. The predicted molar refractivity (Wildman–Crippen MR) is 218 cm³/mol. The van der Waals surface area contributed by atoms with Gasteiger partial charge in [-0.15, -0.1) is 0 Å². The fraction of sp³-hybridized carbons (Fsp3) is 0.0612. The third-order valence-electron chi connectivity index (χ3n) is 11.2. The monoisotopic (exact) mass is 679 g/mol. The molecule has 4 heteroatoms. The first kappa shape index (κ1) is 29.9. The minimum absolute atomic E-state index is 0.228. The van der Waals surface area contributed by atoms with Gasteiger partial charge in [0.2, 0.25) is 0 Å². The molecule has 0 saturated carbocycles. The lowest BCUT2D eigenvalue weighted by Gasteiger charge is -2.22. The van der Waals surface area contributed by atoms with Gasteiger partial charge in [0.05, 0.1) is 22.4 Å². The van der Waals surface area contributed by atoms with Crippen LogP contribution in [-0.2, 0) is 5.41 Å². The van der Waals surface area contributed by atoms with E-state index in [1.54, 1.807) is 0 Å². The maximum absolute atomic E-state index is 6.35. The fourth-order valence-corrected chi connectivity index (χ4v) is 8.71. The van der Waals surface area contributed by atoms with Crippen LogP contribution in [0.5, 0.6) is 0 Å². The van der Waals surface area contributed by atoms with Crippen molar-refractivity contribution in [3.8, 4) is 50.7 Å². The van der Waals surface area contributed by atoms with Crippen LogP contribution in [0.25, 0.3) is 94.5 Å². The Hall–Kier alpha value is -6.78. The van der Waals surface area contributed by atoms with Crippen molar-refractivity contribution in [3.63, 3.8) is 0 Å². The number of hydrogen-bond acceptors (Lipinski definition) is 3. The lowest BCUT2D eigenvalue weighted by Crippen LogP contribution is -2.15. The van der Waals surface area contributed by atoms with E-state index in [9.17, 15) is 0 Å². The summed E-state index contributed by atoms with van der Waals surface area (Å²) >= 11 is 0. The summed E-state index contributed by atoms with van der Waals surface area (Å²) < 4.78 is 8.76. The van der Waals surface area contributed by atoms with Gasteiger partial charge in [-0.25, -0.2) is 9.97 Å². The zero-order chi connectivity index (χ0) is 35.3. The Morgan fingerprint density at radius 2 is 1.13 bits per heavy atom. The first-order chi connectivity index (χ1) is 26.0. The third kappa shape index (κ3) is 4.42. The highest BCUT2D eigenvalue weighted by Gasteiger charge is 2.39. The molecule has 0 spiro atoms. The molecular weight excluding hydrogens is 647 g/mol. The topological polar surface area (TPSA) is 43.9 Å². The molecule has 3 heterocycles. The van der Waals surface area contributed by atoms with E-state index in [0.29, 0.717) is 5.82 Å². The molecule has 1 aliphatic rings. The average Bonchev–Trinajstić information content (AvgIpc) is 3.83. The molecule has 250 valence electrons. The van der Waals surface area contributed by atoms with Gasteiger partial charge in [0, 0.05) is 49.3 Å². The summed E-state index contributed by atoms with van der Waals surface area (Å²) in [5.74, 6) is 0.703. The van der Waals surface area contributed by atoms with E-state index in [4.69, 9.17) is 14.4 Å². The van der Waals surface area contributed by atoms with Crippen LogP contribution in [0, 0.1) is 0 Å². The molecule has 3 aromatic heterocycles. The first-order valence-electron chi connectivity index (χ1n) is 18.2. The number of rotatable bonds is 4. The number of fused-ring (bicyclic) bond motifs is 10. The summed E-state index contributed by atoms with van der Waals surface area (Å²) in [6.07, 6.45) is 0. The van der Waals surface area contributed by atoms with Crippen LogP contribution in [0.3, 0.4) is 0 Å². The Bertz CT molecular complexity index is 3000. The average molecular weight is 680 g/mol. The van der Waals surface area contributed by atoms with Crippen LogP contribution in [0.4, 0.5) is 0 Å². The second kappa shape index (κ2) is 11.1. The molecule has 53 heavy (non-hydrogen) atoms. The molecule has 0 radical (unpaired) electrons. The molecule has 0 unspecified atom stereocenters. The van der Waals surface area contributed by atoms with Crippen LogP contribution in [-0.4, -0.2) is 14.5 Å². The second-order valence-electron chi connectivity index (χ2n) is 14.6. The van der Waals surface area contributed by atoms with Gasteiger partial charge in [-0.3, -0.25) is 0 Å². The van der Waals surface area contributed by atoms with Crippen molar-refractivity contribution in [2.24, 2.45) is 0 Å². The number of hydrogen-bond donors (Lipinski definition) is 0. The molecule has 4 nitrogen and oxygen atoms in total. The number of benzene rings is 7.